The van der Waals surface area contributed by atoms with Gasteiger partial charge in [0.15, 0.2) is 0 Å². The lowest BCUT2D eigenvalue weighted by molar-refractivity contribution is -0.168. The van der Waals surface area contributed by atoms with E-state index in [9.17, 15) is 9.59 Å². The number of nitrogens with zero attached hydrogens (tertiary/aromatic N) is 1. The van der Waals surface area contributed by atoms with E-state index in [0.29, 0.717) is 6.42 Å². The quantitative estimate of drug-likeness (QED) is 0.431. The summed E-state index contributed by atoms with van der Waals surface area (Å²) in [4.78, 5) is 26.4. The fourth-order valence-corrected chi connectivity index (χ4v) is 2.76. The number of hydrogen-bond donors (Lipinski definition) is 1. The average molecular weight is 400 g/mol. The summed E-state index contributed by atoms with van der Waals surface area (Å²) in [5.41, 5.74) is 2.61. The summed E-state index contributed by atoms with van der Waals surface area (Å²) in [6.45, 7) is 0. The molecule has 2 rings (SSSR count). The first-order chi connectivity index (χ1) is 14.0. The van der Waals surface area contributed by atoms with Crippen LogP contribution in [0.5, 0.6) is 0 Å². The van der Waals surface area contributed by atoms with E-state index in [1.165, 1.54) is 23.3 Å². The molecule has 0 bridgehead atoms. The lowest BCUT2D eigenvalue weighted by Gasteiger charge is -2.13. The van der Waals surface area contributed by atoms with Gasteiger partial charge in [-0.1, -0.05) is 60.7 Å². The first-order valence-corrected chi connectivity index (χ1v) is 10.1. The fraction of sp³-hybridized carbons (Fsp3) is 0.417. The number of carboxylic acid groups (broad SMARTS) is 1. The third-order valence-electron chi connectivity index (χ3n) is 4.52. The van der Waals surface area contributed by atoms with Gasteiger partial charge in [0.1, 0.15) is 0 Å². The van der Waals surface area contributed by atoms with E-state index in [1.807, 2.05) is 36.4 Å². The lowest BCUT2D eigenvalue weighted by Crippen LogP contribution is -2.24. The van der Waals surface area contributed by atoms with Crippen molar-refractivity contribution in [2.24, 2.45) is 0 Å². The molecule has 2 aromatic carbocycles. The van der Waals surface area contributed by atoms with Gasteiger partial charge >= 0.3 is 5.97 Å². The first kappa shape index (κ1) is 24.4. The van der Waals surface area contributed by atoms with Crippen LogP contribution in [0, 0.1) is 0 Å². The van der Waals surface area contributed by atoms with E-state index in [0.717, 1.165) is 38.5 Å². The smallest absolute Gasteiger partial charge is 0.303 e. The molecule has 1 N–H and O–H groups in total. The Kier molecular flexibility index (Phi) is 12.8. The summed E-state index contributed by atoms with van der Waals surface area (Å²) < 4.78 is 0. The monoisotopic (exact) mass is 399 g/mol. The Morgan fingerprint density at radius 3 is 1.66 bits per heavy atom. The molecule has 2 aromatic rings. The van der Waals surface area contributed by atoms with Crippen LogP contribution in [0.3, 0.4) is 0 Å². The molecule has 0 atom stereocenters. The van der Waals surface area contributed by atoms with Gasteiger partial charge in [0.2, 0.25) is 5.91 Å². The number of hydrogen-bond acceptors (Lipinski definition) is 3. The zero-order valence-electron chi connectivity index (χ0n) is 17.5. The van der Waals surface area contributed by atoms with E-state index in [-0.39, 0.29) is 12.3 Å². The Morgan fingerprint density at radius 2 is 1.24 bits per heavy atom. The highest BCUT2D eigenvalue weighted by atomic mass is 16.7. The molecule has 0 unspecified atom stereocenters. The molecule has 0 aliphatic carbocycles. The van der Waals surface area contributed by atoms with Gasteiger partial charge in [-0.05, 0) is 49.7 Å². The third kappa shape index (κ3) is 12.4. The molecule has 5 heteroatoms. The lowest BCUT2D eigenvalue weighted by atomic mass is 10.1. The highest BCUT2D eigenvalue weighted by molar-refractivity contribution is 5.74. The van der Waals surface area contributed by atoms with Gasteiger partial charge in [0, 0.05) is 19.9 Å². The van der Waals surface area contributed by atoms with Crippen molar-refractivity contribution in [3.63, 3.8) is 0 Å². The van der Waals surface area contributed by atoms with Crippen molar-refractivity contribution < 1.29 is 19.5 Å². The zero-order chi connectivity index (χ0) is 21.3. The number of carboxylic acids is 1. The summed E-state index contributed by atoms with van der Waals surface area (Å²) in [6.07, 6.45) is 6.51. The van der Waals surface area contributed by atoms with E-state index < -0.39 is 5.97 Å². The van der Waals surface area contributed by atoms with Crippen molar-refractivity contribution in [3.05, 3.63) is 71.8 Å². The molecular formula is C24H33NO4. The molecule has 1 amide bonds. The van der Waals surface area contributed by atoms with Gasteiger partial charge in [-0.25, -0.2) is 5.06 Å². The number of carbonyl (C=O) groups excluding carboxylic acids is 1. The molecule has 158 valence electrons. The topological polar surface area (TPSA) is 66.8 Å². The molecule has 0 saturated carbocycles. The average Bonchev–Trinajstić information content (AvgIpc) is 2.75. The van der Waals surface area contributed by atoms with Crippen LogP contribution in [0.1, 0.15) is 49.7 Å². The number of benzene rings is 2. The zero-order valence-corrected chi connectivity index (χ0v) is 17.5. The van der Waals surface area contributed by atoms with Crippen molar-refractivity contribution in [1.82, 2.24) is 5.06 Å². The molecular weight excluding hydrogens is 366 g/mol. The molecule has 0 spiro atoms. The minimum Gasteiger partial charge on any atom is -0.481 e. The van der Waals surface area contributed by atoms with Gasteiger partial charge in [-0.15, -0.1) is 0 Å². The minimum atomic E-state index is -0.701. The fourth-order valence-electron chi connectivity index (χ4n) is 2.76. The number of aliphatic carboxylic acids is 1. The van der Waals surface area contributed by atoms with E-state index >= 15 is 0 Å². The van der Waals surface area contributed by atoms with Gasteiger partial charge in [0.25, 0.3) is 0 Å². The highest BCUT2D eigenvalue weighted by Crippen LogP contribution is 2.07. The van der Waals surface area contributed by atoms with Crippen LogP contribution in [-0.2, 0) is 27.3 Å². The van der Waals surface area contributed by atoms with Crippen molar-refractivity contribution in [2.45, 2.75) is 51.4 Å². The first-order valence-electron chi connectivity index (χ1n) is 10.1. The standard InChI is InChI=1S/C13H19NO2.C11H14O2/c1-14(16-2)13(15)11-7-6-10-12-8-4-3-5-9-12;12-11(13)9-5-4-8-10-6-2-1-3-7-10/h3-5,8-9H,6-7,10-11H2,1-2H3;1-3,6-7H,4-5,8-9H2,(H,12,13). The van der Waals surface area contributed by atoms with Crippen LogP contribution in [-0.4, -0.2) is 36.2 Å². The predicted molar refractivity (Wildman–Crippen MR) is 115 cm³/mol. The summed E-state index contributed by atoms with van der Waals surface area (Å²) in [5.74, 6) is -0.663. The van der Waals surface area contributed by atoms with E-state index in [1.54, 1.807) is 7.05 Å². The van der Waals surface area contributed by atoms with Crippen LogP contribution in [0.2, 0.25) is 0 Å². The number of aryl methyl sites for hydroxylation is 2. The van der Waals surface area contributed by atoms with Crippen LogP contribution in [0.25, 0.3) is 0 Å². The van der Waals surface area contributed by atoms with Crippen molar-refractivity contribution in [1.29, 1.82) is 0 Å². The predicted octanol–water partition coefficient (Wildman–Crippen LogP) is 4.90. The molecule has 0 aliphatic rings. The summed E-state index contributed by atoms with van der Waals surface area (Å²) in [6, 6.07) is 20.5. The Labute approximate surface area is 174 Å². The SMILES string of the molecule is CON(C)C(=O)CCCCc1ccccc1.O=C(O)CCCCc1ccccc1. The minimum absolute atomic E-state index is 0.0376. The normalized spacial score (nSPS) is 10.0. The Balaban J connectivity index is 0.000000296. The third-order valence-corrected chi connectivity index (χ3v) is 4.52. The molecule has 0 aliphatic heterocycles. The van der Waals surface area contributed by atoms with Crippen molar-refractivity contribution in [3.8, 4) is 0 Å². The maximum absolute atomic E-state index is 11.4. The van der Waals surface area contributed by atoms with Crippen LogP contribution >= 0.6 is 0 Å². The maximum atomic E-state index is 11.4. The molecule has 0 radical (unpaired) electrons. The van der Waals surface area contributed by atoms with Gasteiger partial charge < -0.3 is 5.11 Å². The summed E-state index contributed by atoms with van der Waals surface area (Å²) in [5, 5.41) is 9.69. The van der Waals surface area contributed by atoms with Crippen LogP contribution in [0.4, 0.5) is 0 Å². The highest BCUT2D eigenvalue weighted by Gasteiger charge is 2.06. The van der Waals surface area contributed by atoms with Crippen LogP contribution < -0.4 is 0 Å². The number of hydroxylamine groups is 2. The van der Waals surface area contributed by atoms with Crippen molar-refractivity contribution >= 4 is 11.9 Å². The van der Waals surface area contributed by atoms with Crippen molar-refractivity contribution in [2.75, 3.05) is 14.2 Å². The number of unbranched alkanes of at least 4 members (excludes halogenated alkanes) is 2. The van der Waals surface area contributed by atoms with E-state index in [2.05, 4.69) is 24.3 Å². The molecule has 0 fully saturated rings. The van der Waals surface area contributed by atoms with Gasteiger partial charge in [0.05, 0.1) is 7.11 Å². The summed E-state index contributed by atoms with van der Waals surface area (Å²) in [7, 11) is 3.14. The molecule has 0 saturated heterocycles. The largest absolute Gasteiger partial charge is 0.481 e. The molecule has 29 heavy (non-hydrogen) atoms. The second-order valence-electron chi connectivity index (χ2n) is 6.85. The number of amides is 1. The Morgan fingerprint density at radius 1 is 0.793 bits per heavy atom. The Hall–Kier alpha value is -2.66. The second kappa shape index (κ2) is 15.3. The van der Waals surface area contributed by atoms with E-state index in [4.69, 9.17) is 9.94 Å². The Bertz CT molecular complexity index is 689. The van der Waals surface area contributed by atoms with Gasteiger partial charge in [-0.3, -0.25) is 14.4 Å². The molecule has 0 heterocycles. The summed E-state index contributed by atoms with van der Waals surface area (Å²) >= 11 is 0. The van der Waals surface area contributed by atoms with Gasteiger partial charge in [-0.2, -0.15) is 0 Å². The second-order valence-corrected chi connectivity index (χ2v) is 6.85. The number of carbonyl (C=O) groups is 2. The maximum Gasteiger partial charge on any atom is 0.303 e. The molecule has 5 nitrogen and oxygen atoms in total. The molecule has 0 aromatic heterocycles. The number of rotatable bonds is 11. The van der Waals surface area contributed by atoms with Crippen LogP contribution in [0.15, 0.2) is 60.7 Å².